The number of fused-ring (bicyclic) bond motifs is 1. The number of carbonyl (C=O) groups is 1. The minimum absolute atomic E-state index is 0.0679. The predicted octanol–water partition coefficient (Wildman–Crippen LogP) is 2.27. The third-order valence-electron chi connectivity index (χ3n) is 4.34. The molecule has 0 spiro atoms. The predicted molar refractivity (Wildman–Crippen MR) is 82.3 cm³/mol. The van der Waals surface area contributed by atoms with E-state index in [0.717, 1.165) is 35.9 Å². The zero-order valence-corrected chi connectivity index (χ0v) is 12.4. The van der Waals surface area contributed by atoms with Crippen LogP contribution in [0.2, 0.25) is 0 Å². The summed E-state index contributed by atoms with van der Waals surface area (Å²) in [5, 5.41) is 12.1. The highest BCUT2D eigenvalue weighted by Crippen LogP contribution is 2.33. The minimum atomic E-state index is 0.0679. The van der Waals surface area contributed by atoms with Crippen LogP contribution in [-0.4, -0.2) is 37.3 Å². The van der Waals surface area contributed by atoms with Gasteiger partial charge in [0.1, 0.15) is 0 Å². The molecule has 0 radical (unpaired) electrons. The number of hydrogen-bond acceptors (Lipinski definition) is 3. The van der Waals surface area contributed by atoms with Crippen molar-refractivity contribution in [3.63, 3.8) is 0 Å². The van der Waals surface area contributed by atoms with Crippen LogP contribution < -0.4 is 0 Å². The van der Waals surface area contributed by atoms with Crippen LogP contribution in [-0.2, 0) is 7.05 Å². The molecule has 1 fully saturated rings. The number of aromatic nitrogens is 4. The molecule has 6 heteroatoms. The van der Waals surface area contributed by atoms with E-state index in [2.05, 4.69) is 15.3 Å². The summed E-state index contributed by atoms with van der Waals surface area (Å²) in [6, 6.07) is 5.81. The summed E-state index contributed by atoms with van der Waals surface area (Å²) in [4.78, 5) is 15.0. The van der Waals surface area contributed by atoms with E-state index in [9.17, 15) is 4.79 Å². The van der Waals surface area contributed by atoms with Crippen LogP contribution in [0.5, 0.6) is 0 Å². The van der Waals surface area contributed by atoms with Gasteiger partial charge < -0.3 is 4.90 Å². The summed E-state index contributed by atoms with van der Waals surface area (Å²) in [6.07, 6.45) is 7.58. The quantitative estimate of drug-likeness (QED) is 0.788. The Bertz CT molecular complexity index is 834. The first-order valence-electron chi connectivity index (χ1n) is 7.45. The first-order valence-corrected chi connectivity index (χ1v) is 7.45. The van der Waals surface area contributed by atoms with Crippen LogP contribution in [0.4, 0.5) is 0 Å². The normalized spacial score (nSPS) is 18.2. The lowest BCUT2D eigenvalue weighted by Gasteiger charge is -2.24. The molecule has 0 bridgehead atoms. The molecule has 1 aliphatic heterocycles. The second kappa shape index (κ2) is 4.98. The lowest BCUT2D eigenvalue weighted by atomic mass is 10.1. The number of nitrogens with zero attached hydrogens (tertiary/aromatic N) is 4. The van der Waals surface area contributed by atoms with Crippen molar-refractivity contribution in [1.82, 2.24) is 24.9 Å². The van der Waals surface area contributed by atoms with Gasteiger partial charge in [-0.3, -0.25) is 14.6 Å². The van der Waals surface area contributed by atoms with Gasteiger partial charge in [0.15, 0.2) is 0 Å². The van der Waals surface area contributed by atoms with Gasteiger partial charge in [0.05, 0.1) is 29.5 Å². The van der Waals surface area contributed by atoms with Gasteiger partial charge in [-0.1, -0.05) is 6.07 Å². The molecule has 1 atom stereocenters. The molecule has 0 aliphatic carbocycles. The highest BCUT2D eigenvalue weighted by atomic mass is 16.2. The van der Waals surface area contributed by atoms with Gasteiger partial charge in [0, 0.05) is 30.7 Å². The molecule has 1 amide bonds. The number of H-pyrrole nitrogens is 1. The van der Waals surface area contributed by atoms with Crippen molar-refractivity contribution in [1.29, 1.82) is 0 Å². The highest BCUT2D eigenvalue weighted by molar-refractivity contribution is 6.06. The number of aryl methyl sites for hydroxylation is 1. The van der Waals surface area contributed by atoms with Gasteiger partial charge >= 0.3 is 0 Å². The molecular formula is C16H17N5O. The van der Waals surface area contributed by atoms with Gasteiger partial charge in [-0.05, 0) is 25.0 Å². The molecule has 4 rings (SSSR count). The molecule has 3 heterocycles. The van der Waals surface area contributed by atoms with E-state index >= 15 is 0 Å². The van der Waals surface area contributed by atoms with Crippen molar-refractivity contribution in [2.24, 2.45) is 7.05 Å². The molecule has 1 aromatic carbocycles. The summed E-state index contributed by atoms with van der Waals surface area (Å²) in [5.74, 6) is 0.0679. The van der Waals surface area contributed by atoms with E-state index in [-0.39, 0.29) is 11.9 Å². The van der Waals surface area contributed by atoms with E-state index in [1.807, 2.05) is 42.5 Å². The van der Waals surface area contributed by atoms with Crippen molar-refractivity contribution in [3.8, 4) is 0 Å². The van der Waals surface area contributed by atoms with Crippen molar-refractivity contribution >= 4 is 16.8 Å². The van der Waals surface area contributed by atoms with Crippen molar-refractivity contribution in [2.75, 3.05) is 6.54 Å². The summed E-state index contributed by atoms with van der Waals surface area (Å²) in [7, 11) is 1.90. The Morgan fingerprint density at radius 1 is 1.36 bits per heavy atom. The second-order valence-corrected chi connectivity index (χ2v) is 5.74. The number of rotatable bonds is 2. The first-order chi connectivity index (χ1) is 10.7. The molecular weight excluding hydrogens is 278 g/mol. The molecule has 3 aromatic rings. The summed E-state index contributed by atoms with van der Waals surface area (Å²) < 4.78 is 1.78. The van der Waals surface area contributed by atoms with Crippen LogP contribution in [0.15, 0.2) is 36.8 Å². The number of likely N-dealkylation sites (tertiary alicyclic amines) is 1. The Balaban J connectivity index is 1.71. The monoisotopic (exact) mass is 295 g/mol. The fraction of sp³-hybridized carbons (Fsp3) is 0.312. The van der Waals surface area contributed by atoms with Crippen LogP contribution >= 0.6 is 0 Å². The maximum absolute atomic E-state index is 13.0. The topological polar surface area (TPSA) is 66.8 Å². The Labute approximate surface area is 127 Å². The maximum atomic E-state index is 13.0. The molecule has 1 N–H and O–H groups in total. The van der Waals surface area contributed by atoms with Crippen molar-refractivity contribution in [3.05, 3.63) is 47.9 Å². The van der Waals surface area contributed by atoms with E-state index in [1.165, 1.54) is 0 Å². The standard InChI is InChI=1S/C16H17N5O/c1-20-10-11(8-18-20)15-6-3-7-21(15)16(22)12-4-2-5-14-13(12)9-17-19-14/h2,4-5,8-10,15H,3,6-7H2,1H3,(H,17,19). The zero-order chi connectivity index (χ0) is 15.1. The van der Waals surface area contributed by atoms with Gasteiger partial charge in [-0.25, -0.2) is 0 Å². The number of amides is 1. The first kappa shape index (κ1) is 13.1. The number of carbonyl (C=O) groups excluding carboxylic acids is 1. The SMILES string of the molecule is Cn1cc(C2CCCN2C(=O)c2cccc3[nH]ncc23)cn1. The molecule has 1 unspecified atom stereocenters. The van der Waals surface area contributed by atoms with Gasteiger partial charge in [-0.2, -0.15) is 10.2 Å². The fourth-order valence-corrected chi connectivity index (χ4v) is 3.28. The summed E-state index contributed by atoms with van der Waals surface area (Å²) >= 11 is 0. The van der Waals surface area contributed by atoms with Crippen molar-refractivity contribution in [2.45, 2.75) is 18.9 Å². The van der Waals surface area contributed by atoms with Crippen LogP contribution in [0.25, 0.3) is 10.9 Å². The van der Waals surface area contributed by atoms with Gasteiger partial charge in [0.2, 0.25) is 0 Å². The second-order valence-electron chi connectivity index (χ2n) is 5.74. The van der Waals surface area contributed by atoms with E-state index < -0.39 is 0 Å². The smallest absolute Gasteiger partial charge is 0.255 e. The number of benzene rings is 1. The van der Waals surface area contributed by atoms with E-state index in [0.29, 0.717) is 5.56 Å². The lowest BCUT2D eigenvalue weighted by molar-refractivity contribution is 0.0737. The van der Waals surface area contributed by atoms with Gasteiger partial charge in [-0.15, -0.1) is 0 Å². The largest absolute Gasteiger partial charge is 0.331 e. The van der Waals surface area contributed by atoms with Gasteiger partial charge in [0.25, 0.3) is 5.91 Å². The molecule has 0 saturated carbocycles. The molecule has 1 aliphatic rings. The maximum Gasteiger partial charge on any atom is 0.255 e. The lowest BCUT2D eigenvalue weighted by Crippen LogP contribution is -2.30. The zero-order valence-electron chi connectivity index (χ0n) is 12.4. The van der Waals surface area contributed by atoms with Crippen molar-refractivity contribution < 1.29 is 4.79 Å². The molecule has 22 heavy (non-hydrogen) atoms. The Kier molecular flexibility index (Phi) is 2.96. The van der Waals surface area contributed by atoms with Crippen LogP contribution in [0.1, 0.15) is 34.8 Å². The van der Waals surface area contributed by atoms with E-state index in [1.54, 1.807) is 10.9 Å². The Morgan fingerprint density at radius 3 is 3.09 bits per heavy atom. The minimum Gasteiger partial charge on any atom is -0.331 e. The highest BCUT2D eigenvalue weighted by Gasteiger charge is 2.32. The number of nitrogens with one attached hydrogen (secondary N) is 1. The molecule has 112 valence electrons. The average Bonchev–Trinajstić information content (AvgIpc) is 3.25. The molecule has 6 nitrogen and oxygen atoms in total. The Hall–Kier alpha value is -2.63. The molecule has 1 saturated heterocycles. The third kappa shape index (κ3) is 1.99. The third-order valence-corrected chi connectivity index (χ3v) is 4.34. The molecule has 2 aromatic heterocycles. The Morgan fingerprint density at radius 2 is 2.27 bits per heavy atom. The number of hydrogen-bond donors (Lipinski definition) is 1. The summed E-state index contributed by atoms with van der Waals surface area (Å²) in [5.41, 5.74) is 2.71. The summed E-state index contributed by atoms with van der Waals surface area (Å²) in [6.45, 7) is 0.784. The van der Waals surface area contributed by atoms with Crippen LogP contribution in [0, 0.1) is 0 Å². The average molecular weight is 295 g/mol. The van der Waals surface area contributed by atoms with Crippen LogP contribution in [0.3, 0.4) is 0 Å². The van der Waals surface area contributed by atoms with E-state index in [4.69, 9.17) is 0 Å². The number of aromatic amines is 1. The fourth-order valence-electron chi connectivity index (χ4n) is 3.28.